The Bertz CT molecular complexity index is 6680. The molecule has 2 spiro atoms. The van der Waals surface area contributed by atoms with E-state index in [1.54, 1.807) is 0 Å². The van der Waals surface area contributed by atoms with Crippen molar-refractivity contribution >= 4 is 90.7 Å². The number of para-hydroxylation sites is 4. The maximum Gasteiger partial charge on any atom is 0.0725 e. The molecule has 0 unspecified atom stereocenters. The number of benzene rings is 19. The average molecular weight is 1470 g/mol. The van der Waals surface area contributed by atoms with E-state index in [0.29, 0.717) is 0 Å². The monoisotopic (exact) mass is 1470 g/mol. The molecule has 19 aromatic carbocycles. The number of rotatable bonds is 12. The highest BCUT2D eigenvalue weighted by Crippen LogP contribution is 2.65. The van der Waals surface area contributed by atoms with Crippen LogP contribution < -0.4 is 9.80 Å². The van der Waals surface area contributed by atoms with Gasteiger partial charge in [-0.15, -0.1) is 0 Å². The largest absolute Gasteiger partial charge is 0.311 e. The SMILES string of the molecule is C(=C\c1ccc2c(c1)C1(c3ccccc3-2)c2ccccc2-c2ccc(/C=C/c3ccc(N(c4ccccc4)c4ccccc4)cc3)cc21)/c1ccc(N(c2ccccc2)c2ccccc2)cc1.c1ccc2c(c1)-c1ccccc1C21c2ccccc2-c2ccc(-c3c4ccccc4c(-c4cccc5ccccc45)c4ccccc34)cc21. The predicted octanol–water partition coefficient (Wildman–Crippen LogP) is 30.1. The van der Waals surface area contributed by atoms with E-state index in [2.05, 4.69) is 471 Å². The molecule has 0 atom stereocenters. The highest BCUT2D eigenvalue weighted by Gasteiger charge is 2.53. The molecule has 0 aliphatic heterocycles. The molecule has 0 aromatic heterocycles. The summed E-state index contributed by atoms with van der Waals surface area (Å²) in [6.07, 6.45) is 9.01. The lowest BCUT2D eigenvalue weighted by Crippen LogP contribution is -2.26. The van der Waals surface area contributed by atoms with Crippen LogP contribution in [0.2, 0.25) is 0 Å². The van der Waals surface area contributed by atoms with Gasteiger partial charge in [0.2, 0.25) is 0 Å². The Hall–Kier alpha value is -15.0. The standard InChI is InChI=1S/C65H46N2.C49H30/c1-5-17-51(18-6-1)66(52-19-7-2-8-20-52)55-39-33-47(34-40-55)29-31-49-37-43-59-57-25-13-15-27-61(57)65(63(59)45-49)62-28-16-14-26-58(62)60-44-38-50(46-64(60)65)32-30-48-35-41-56(42-36-48)67(53-21-9-3-10-22-53)54-23-11-4-12-24-54;1-2-16-33-31(14-1)15-13-24-38(33)48-41-22-5-3-20-39(41)47(40-21-4-6-23-42(40)48)32-28-29-37-36-19-9-12-27-45(36)49(46(37)30-32)43-25-10-7-17-34(43)35-18-8-11-26-44(35)49/h1-46H;1-30H/b31-29+,32-30+;. The first-order valence-corrected chi connectivity index (χ1v) is 40.3. The van der Waals surface area contributed by atoms with E-state index in [1.807, 2.05) is 0 Å². The Morgan fingerprint density at radius 1 is 0.164 bits per heavy atom. The van der Waals surface area contributed by atoms with Gasteiger partial charge in [0.15, 0.2) is 0 Å². The second kappa shape index (κ2) is 28.0. The summed E-state index contributed by atoms with van der Waals surface area (Å²) >= 11 is 0. The first-order chi connectivity index (χ1) is 57.6. The van der Waals surface area contributed by atoms with Crippen LogP contribution in [0.15, 0.2) is 437 Å². The second-order valence-corrected chi connectivity index (χ2v) is 30.8. The molecule has 0 fully saturated rings. The number of hydrogen-bond acceptors (Lipinski definition) is 2. The molecule has 0 saturated heterocycles. The smallest absolute Gasteiger partial charge is 0.0725 e. The Morgan fingerprint density at radius 3 is 0.810 bits per heavy atom. The van der Waals surface area contributed by atoms with Crippen LogP contribution in [0, 0.1) is 0 Å². The second-order valence-electron chi connectivity index (χ2n) is 30.8. The van der Waals surface area contributed by atoms with Crippen molar-refractivity contribution in [2.24, 2.45) is 0 Å². The van der Waals surface area contributed by atoms with Crippen molar-refractivity contribution in [3.05, 3.63) is 504 Å². The van der Waals surface area contributed by atoms with Gasteiger partial charge in [0.25, 0.3) is 0 Å². The van der Waals surface area contributed by atoms with Crippen molar-refractivity contribution in [3.8, 4) is 66.8 Å². The summed E-state index contributed by atoms with van der Waals surface area (Å²) in [6, 6.07) is 160. The third-order valence-corrected chi connectivity index (χ3v) is 24.7. The Labute approximate surface area is 677 Å². The highest BCUT2D eigenvalue weighted by molar-refractivity contribution is 6.24. The van der Waals surface area contributed by atoms with E-state index in [0.717, 1.165) is 45.3 Å². The molecule has 0 saturated carbocycles. The molecule has 0 heterocycles. The van der Waals surface area contributed by atoms with Crippen LogP contribution in [-0.2, 0) is 10.8 Å². The molecule has 116 heavy (non-hydrogen) atoms. The molecule has 0 bridgehead atoms. The van der Waals surface area contributed by atoms with Crippen molar-refractivity contribution in [1.29, 1.82) is 0 Å². The van der Waals surface area contributed by atoms with Crippen LogP contribution in [-0.4, -0.2) is 0 Å². The molecule has 19 aromatic rings. The van der Waals surface area contributed by atoms with E-state index in [-0.39, 0.29) is 5.41 Å². The third-order valence-electron chi connectivity index (χ3n) is 24.7. The van der Waals surface area contributed by atoms with E-state index >= 15 is 0 Å². The van der Waals surface area contributed by atoms with Crippen molar-refractivity contribution in [3.63, 3.8) is 0 Å². The minimum Gasteiger partial charge on any atom is -0.311 e. The molecule has 4 aliphatic carbocycles. The van der Waals surface area contributed by atoms with Crippen LogP contribution in [0.25, 0.3) is 123 Å². The summed E-state index contributed by atoms with van der Waals surface area (Å²) in [6.45, 7) is 0. The van der Waals surface area contributed by atoms with Gasteiger partial charge >= 0.3 is 0 Å². The van der Waals surface area contributed by atoms with Crippen LogP contribution in [0.5, 0.6) is 0 Å². The Kier molecular flexibility index (Phi) is 16.4. The molecule has 0 radical (unpaired) electrons. The normalized spacial score (nSPS) is 13.1. The topological polar surface area (TPSA) is 6.48 Å². The Balaban J connectivity index is 0.000000147. The summed E-state index contributed by atoms with van der Waals surface area (Å²) in [5.41, 5.74) is 37.1. The van der Waals surface area contributed by atoms with Gasteiger partial charge in [0.1, 0.15) is 0 Å². The summed E-state index contributed by atoms with van der Waals surface area (Å²) in [4.78, 5) is 4.60. The van der Waals surface area contributed by atoms with Crippen LogP contribution in [0.1, 0.15) is 66.8 Å². The molecule has 0 N–H and O–H groups in total. The summed E-state index contributed by atoms with van der Waals surface area (Å²) in [7, 11) is 0. The predicted molar refractivity (Wildman–Crippen MR) is 489 cm³/mol. The fourth-order valence-corrected chi connectivity index (χ4v) is 19.9. The van der Waals surface area contributed by atoms with Crippen molar-refractivity contribution in [1.82, 2.24) is 0 Å². The zero-order chi connectivity index (χ0) is 76.7. The lowest BCUT2D eigenvalue weighted by Gasteiger charge is -2.31. The molecule has 0 amide bonds. The average Bonchev–Trinajstić information content (AvgIpc) is 1.51. The van der Waals surface area contributed by atoms with Gasteiger partial charge in [0, 0.05) is 34.1 Å². The van der Waals surface area contributed by atoms with Gasteiger partial charge in [-0.2, -0.15) is 0 Å². The lowest BCUT2D eigenvalue weighted by molar-refractivity contribution is 0.793. The molecular formula is C114H76N2. The van der Waals surface area contributed by atoms with Gasteiger partial charge in [-0.3, -0.25) is 0 Å². The summed E-state index contributed by atoms with van der Waals surface area (Å²) in [5.74, 6) is 0. The molecular weight excluding hydrogens is 1400 g/mol. The summed E-state index contributed by atoms with van der Waals surface area (Å²) in [5, 5.41) is 7.66. The molecule has 23 rings (SSSR count). The van der Waals surface area contributed by atoms with E-state index < -0.39 is 5.41 Å². The van der Waals surface area contributed by atoms with E-state index in [9.17, 15) is 0 Å². The van der Waals surface area contributed by atoms with Crippen molar-refractivity contribution in [2.75, 3.05) is 9.80 Å². The van der Waals surface area contributed by atoms with E-state index in [4.69, 9.17) is 0 Å². The van der Waals surface area contributed by atoms with Gasteiger partial charge in [-0.25, -0.2) is 0 Å². The van der Waals surface area contributed by atoms with Gasteiger partial charge in [-0.1, -0.05) is 370 Å². The zero-order valence-electron chi connectivity index (χ0n) is 63.8. The van der Waals surface area contributed by atoms with Crippen LogP contribution in [0.4, 0.5) is 34.1 Å². The molecule has 542 valence electrons. The number of nitrogens with zero attached hydrogens (tertiary/aromatic N) is 2. The first-order valence-electron chi connectivity index (χ1n) is 40.3. The zero-order valence-corrected chi connectivity index (χ0v) is 63.8. The van der Waals surface area contributed by atoms with Crippen molar-refractivity contribution in [2.45, 2.75) is 10.8 Å². The quantitative estimate of drug-likeness (QED) is 0.0888. The maximum atomic E-state index is 2.53. The van der Waals surface area contributed by atoms with Gasteiger partial charge < -0.3 is 9.80 Å². The number of fused-ring (bicyclic) bond motifs is 23. The van der Waals surface area contributed by atoms with Gasteiger partial charge in [0.05, 0.1) is 10.8 Å². The van der Waals surface area contributed by atoms with Crippen molar-refractivity contribution < 1.29 is 0 Å². The summed E-state index contributed by atoms with van der Waals surface area (Å²) < 4.78 is 0. The maximum absolute atomic E-state index is 2.53. The first kappa shape index (κ1) is 67.9. The fourth-order valence-electron chi connectivity index (χ4n) is 19.9. The lowest BCUT2D eigenvalue weighted by atomic mass is 9.70. The molecule has 2 nitrogen and oxygen atoms in total. The van der Waals surface area contributed by atoms with Crippen LogP contribution >= 0.6 is 0 Å². The number of anilines is 6. The molecule has 2 heteroatoms. The highest BCUT2D eigenvalue weighted by atomic mass is 15.1. The third kappa shape index (κ3) is 10.9. The van der Waals surface area contributed by atoms with Gasteiger partial charge in [-0.05, 0) is 257 Å². The molecule has 4 aliphatic rings. The fraction of sp³-hybridized carbons (Fsp3) is 0.0175. The van der Waals surface area contributed by atoms with Crippen LogP contribution in [0.3, 0.4) is 0 Å². The minimum absolute atomic E-state index is 0.371. The number of hydrogen-bond donors (Lipinski definition) is 0. The Morgan fingerprint density at radius 2 is 0.422 bits per heavy atom. The van der Waals surface area contributed by atoms with E-state index in [1.165, 1.54) is 155 Å². The minimum atomic E-state index is -0.453.